The Balaban J connectivity index is 4.28. The lowest BCUT2D eigenvalue weighted by molar-refractivity contribution is -0.253. The van der Waals surface area contributed by atoms with E-state index in [1.54, 1.807) is 0 Å². The monoisotopic (exact) mass is 308 g/mol. The highest BCUT2D eigenvalue weighted by molar-refractivity contribution is 5.59. The Morgan fingerprint density at radius 2 is 1.32 bits per heavy atom. The number of ether oxygens (including phenoxy) is 2. The van der Waals surface area contributed by atoms with Crippen LogP contribution in [0.5, 0.6) is 0 Å². The van der Waals surface area contributed by atoms with Crippen LogP contribution in [-0.2, 0) is 9.47 Å². The van der Waals surface area contributed by atoms with Crippen LogP contribution < -0.4 is 0 Å². The van der Waals surface area contributed by atoms with Crippen molar-refractivity contribution in [2.75, 3.05) is 13.2 Å². The molecule has 1 unspecified atom stereocenters. The van der Waals surface area contributed by atoms with Crippen LogP contribution in [0.15, 0.2) is 0 Å². The van der Waals surface area contributed by atoms with Gasteiger partial charge < -0.3 is 9.47 Å². The minimum atomic E-state index is -5.91. The normalized spacial score (nSPS) is 15.0. The van der Waals surface area contributed by atoms with Crippen molar-refractivity contribution in [2.24, 2.45) is 0 Å². The summed E-state index contributed by atoms with van der Waals surface area (Å²) in [6, 6.07) is 0. The van der Waals surface area contributed by atoms with E-state index in [1.807, 2.05) is 0 Å². The SMILES string of the molecule is O=C(OCC(F)(F)F)OCC(F)(F)C(F)C(F)(F)F. The zero-order chi connectivity index (χ0) is 15.5. The lowest BCUT2D eigenvalue weighted by Gasteiger charge is -2.22. The van der Waals surface area contributed by atoms with Gasteiger partial charge in [-0.2, -0.15) is 35.1 Å². The lowest BCUT2D eigenvalue weighted by atomic mass is 10.2. The number of alkyl halides is 9. The first kappa shape index (κ1) is 17.6. The van der Waals surface area contributed by atoms with Gasteiger partial charge in [0.1, 0.15) is 0 Å². The molecule has 3 nitrogen and oxygen atoms in total. The third kappa shape index (κ3) is 6.96. The second-order valence-electron chi connectivity index (χ2n) is 3.11. The van der Waals surface area contributed by atoms with E-state index in [0.717, 1.165) is 0 Å². The summed E-state index contributed by atoms with van der Waals surface area (Å²) in [7, 11) is 0. The molecule has 0 fully saturated rings. The minimum Gasteiger partial charge on any atom is -0.428 e. The molecule has 0 heterocycles. The molecule has 1 atom stereocenters. The van der Waals surface area contributed by atoms with Gasteiger partial charge in [0.2, 0.25) is 0 Å². The third-order valence-corrected chi connectivity index (χ3v) is 1.39. The highest BCUT2D eigenvalue weighted by atomic mass is 19.4. The highest BCUT2D eigenvalue weighted by Gasteiger charge is 2.57. The van der Waals surface area contributed by atoms with Crippen LogP contribution >= 0.6 is 0 Å². The molecule has 12 heteroatoms. The van der Waals surface area contributed by atoms with Gasteiger partial charge in [-0.05, 0) is 0 Å². The topological polar surface area (TPSA) is 35.5 Å². The van der Waals surface area contributed by atoms with E-state index in [0.29, 0.717) is 0 Å². The van der Waals surface area contributed by atoms with Gasteiger partial charge in [-0.1, -0.05) is 0 Å². The largest absolute Gasteiger partial charge is 0.508 e. The molecule has 0 amide bonds. The number of carbonyl (C=O) groups is 1. The number of carbonyl (C=O) groups excluding carboxylic acids is 1. The van der Waals surface area contributed by atoms with Crippen molar-refractivity contribution in [1.29, 1.82) is 0 Å². The first-order valence-electron chi connectivity index (χ1n) is 4.20. The second-order valence-corrected chi connectivity index (χ2v) is 3.11. The maximum absolute atomic E-state index is 12.5. The summed E-state index contributed by atoms with van der Waals surface area (Å²) in [5, 5.41) is 0. The summed E-state index contributed by atoms with van der Waals surface area (Å²) < 4.78 is 113. The molecule has 0 bridgehead atoms. The summed E-state index contributed by atoms with van der Waals surface area (Å²) in [6.07, 6.45) is -17.8. The molecule has 0 radical (unpaired) electrons. The summed E-state index contributed by atoms with van der Waals surface area (Å²) in [5.74, 6) is -5.14. The average Bonchev–Trinajstić information content (AvgIpc) is 2.20. The summed E-state index contributed by atoms with van der Waals surface area (Å²) in [6.45, 7) is -4.60. The molecule has 0 aliphatic carbocycles. The lowest BCUT2D eigenvalue weighted by Crippen LogP contribution is -2.45. The van der Waals surface area contributed by atoms with Crippen molar-refractivity contribution in [3.8, 4) is 0 Å². The molecule has 19 heavy (non-hydrogen) atoms. The van der Waals surface area contributed by atoms with Gasteiger partial charge in [-0.15, -0.1) is 0 Å². The van der Waals surface area contributed by atoms with Crippen LogP contribution in [0.1, 0.15) is 0 Å². The molecule has 0 aromatic carbocycles. The minimum absolute atomic E-state index is 2.18. The Kier molecular flexibility index (Phi) is 5.32. The quantitative estimate of drug-likeness (QED) is 0.591. The van der Waals surface area contributed by atoms with E-state index < -0.39 is 43.8 Å². The summed E-state index contributed by atoms with van der Waals surface area (Å²) >= 11 is 0. The van der Waals surface area contributed by atoms with Gasteiger partial charge in [0, 0.05) is 0 Å². The molecule has 0 aromatic rings. The van der Waals surface area contributed by atoms with E-state index in [4.69, 9.17) is 0 Å². The maximum Gasteiger partial charge on any atom is 0.508 e. The van der Waals surface area contributed by atoms with Gasteiger partial charge >= 0.3 is 24.4 Å². The van der Waals surface area contributed by atoms with Crippen LogP contribution in [0.2, 0.25) is 0 Å². The smallest absolute Gasteiger partial charge is 0.428 e. The number of rotatable bonds is 4. The molecule has 0 aliphatic heterocycles. The standard InChI is InChI=1S/C7H5F9O3/c8-3(7(14,15)16)5(9,10)1-18-4(17)19-2-6(11,12)13/h3H,1-2H2. The Labute approximate surface area is 98.8 Å². The van der Waals surface area contributed by atoms with Crippen molar-refractivity contribution >= 4 is 6.16 Å². The fourth-order valence-electron chi connectivity index (χ4n) is 0.650. The Morgan fingerprint density at radius 1 is 0.895 bits per heavy atom. The van der Waals surface area contributed by atoms with Gasteiger partial charge in [-0.25, -0.2) is 9.18 Å². The molecule has 0 saturated carbocycles. The Morgan fingerprint density at radius 3 is 1.68 bits per heavy atom. The molecule has 0 spiro atoms. The van der Waals surface area contributed by atoms with Gasteiger partial charge in [0.15, 0.2) is 13.2 Å². The second kappa shape index (κ2) is 5.74. The van der Waals surface area contributed by atoms with Crippen molar-refractivity contribution in [3.63, 3.8) is 0 Å². The van der Waals surface area contributed by atoms with Crippen molar-refractivity contribution in [1.82, 2.24) is 0 Å². The molecule has 0 aliphatic rings. The summed E-state index contributed by atoms with van der Waals surface area (Å²) in [4.78, 5) is 10.3. The number of halogens is 9. The predicted octanol–water partition coefficient (Wildman–Crippen LogP) is 3.24. The van der Waals surface area contributed by atoms with Crippen LogP contribution in [0, 0.1) is 0 Å². The van der Waals surface area contributed by atoms with E-state index in [2.05, 4.69) is 9.47 Å². The molecule has 0 aromatic heterocycles. The predicted molar refractivity (Wildman–Crippen MR) is 39.3 cm³/mol. The van der Waals surface area contributed by atoms with Crippen molar-refractivity contribution in [3.05, 3.63) is 0 Å². The third-order valence-electron chi connectivity index (χ3n) is 1.39. The molecule has 0 saturated heterocycles. The molecule has 0 N–H and O–H groups in total. The highest BCUT2D eigenvalue weighted by Crippen LogP contribution is 2.35. The van der Waals surface area contributed by atoms with E-state index in [9.17, 15) is 44.3 Å². The van der Waals surface area contributed by atoms with E-state index in [1.165, 1.54) is 0 Å². The first-order valence-corrected chi connectivity index (χ1v) is 4.20. The molecular formula is C7H5F9O3. The summed E-state index contributed by atoms with van der Waals surface area (Å²) in [5.41, 5.74) is 0. The Hall–Kier alpha value is -1.36. The van der Waals surface area contributed by atoms with Crippen LogP contribution in [-0.4, -0.2) is 43.8 Å². The maximum atomic E-state index is 12.5. The zero-order valence-electron chi connectivity index (χ0n) is 8.62. The van der Waals surface area contributed by atoms with Crippen molar-refractivity contribution in [2.45, 2.75) is 24.4 Å². The first-order chi connectivity index (χ1) is 8.26. The van der Waals surface area contributed by atoms with Crippen LogP contribution in [0.4, 0.5) is 44.3 Å². The zero-order valence-corrected chi connectivity index (χ0v) is 8.62. The van der Waals surface area contributed by atoms with E-state index in [-0.39, 0.29) is 0 Å². The number of hydrogen-bond donors (Lipinski definition) is 0. The molecule has 114 valence electrons. The van der Waals surface area contributed by atoms with Crippen LogP contribution in [0.25, 0.3) is 0 Å². The van der Waals surface area contributed by atoms with Gasteiger partial charge in [0.05, 0.1) is 0 Å². The average molecular weight is 308 g/mol. The fraction of sp³-hybridized carbons (Fsp3) is 0.857. The fourth-order valence-corrected chi connectivity index (χ4v) is 0.650. The number of hydrogen-bond acceptors (Lipinski definition) is 3. The molecular weight excluding hydrogens is 303 g/mol. The van der Waals surface area contributed by atoms with E-state index >= 15 is 0 Å². The van der Waals surface area contributed by atoms with Crippen LogP contribution in [0.3, 0.4) is 0 Å². The van der Waals surface area contributed by atoms with Crippen molar-refractivity contribution < 1.29 is 53.8 Å². The Bertz CT molecular complexity index is 308. The molecule has 0 rings (SSSR count). The van der Waals surface area contributed by atoms with Gasteiger partial charge in [0.25, 0.3) is 6.17 Å². The van der Waals surface area contributed by atoms with Gasteiger partial charge in [-0.3, -0.25) is 0 Å².